The maximum atomic E-state index is 2.40. The zero-order valence-electron chi connectivity index (χ0n) is 26.5. The van der Waals surface area contributed by atoms with Crippen molar-refractivity contribution >= 4 is 90.9 Å². The summed E-state index contributed by atoms with van der Waals surface area (Å²) in [6, 6.07) is 64.4. The van der Waals surface area contributed by atoms with E-state index in [-0.39, 0.29) is 0 Å². The van der Waals surface area contributed by atoms with Crippen molar-refractivity contribution in [3.63, 3.8) is 0 Å². The van der Waals surface area contributed by atoms with Gasteiger partial charge in [-0.2, -0.15) is 0 Å². The molecule has 0 atom stereocenters. The van der Waals surface area contributed by atoms with E-state index in [0.29, 0.717) is 0 Å². The summed E-state index contributed by atoms with van der Waals surface area (Å²) in [4.78, 5) is 2.40. The van der Waals surface area contributed by atoms with E-state index in [1.54, 1.807) is 0 Å². The second-order valence-corrected chi connectivity index (χ2v) is 14.7. The molecule has 0 amide bonds. The molecule has 0 unspecified atom stereocenters. The van der Waals surface area contributed by atoms with Gasteiger partial charge in [0.15, 0.2) is 0 Å². The minimum Gasteiger partial charge on any atom is -0.310 e. The Morgan fingerprint density at radius 2 is 1.00 bits per heavy atom. The molecule has 0 aliphatic rings. The fourth-order valence-electron chi connectivity index (χ4n) is 7.35. The molecule has 1 nitrogen and oxygen atoms in total. The van der Waals surface area contributed by atoms with Gasteiger partial charge in [0.05, 0.1) is 0 Å². The summed E-state index contributed by atoms with van der Waals surface area (Å²) in [5, 5.41) is 7.86. The molecule has 10 aromatic rings. The molecule has 0 saturated carbocycles. The Kier molecular flexibility index (Phi) is 6.61. The number of fused-ring (bicyclic) bond motifs is 8. The molecule has 3 heteroatoms. The second kappa shape index (κ2) is 11.5. The Bertz CT molecular complexity index is 2830. The molecule has 0 spiro atoms. The van der Waals surface area contributed by atoms with E-state index in [2.05, 4.69) is 181 Å². The van der Waals surface area contributed by atoms with Gasteiger partial charge in [0.2, 0.25) is 0 Å². The van der Waals surface area contributed by atoms with Crippen LogP contribution in [0.2, 0.25) is 0 Å². The number of hydrogen-bond acceptors (Lipinski definition) is 3. The van der Waals surface area contributed by atoms with Crippen LogP contribution in [0.1, 0.15) is 0 Å². The second-order valence-electron chi connectivity index (χ2n) is 12.5. The van der Waals surface area contributed by atoms with Crippen molar-refractivity contribution in [3.05, 3.63) is 176 Å². The molecule has 230 valence electrons. The van der Waals surface area contributed by atoms with E-state index in [9.17, 15) is 0 Å². The SMILES string of the molecule is c1ccc(-c2ccc(N(c3cccc(-c4cccc5c4sc4ccccc45)c3)c3ccc4c(ccc5sc6ccccc6c54)c3)cc2)cc1. The van der Waals surface area contributed by atoms with E-state index in [4.69, 9.17) is 0 Å². The summed E-state index contributed by atoms with van der Waals surface area (Å²) in [5.41, 5.74) is 8.30. The van der Waals surface area contributed by atoms with Crippen LogP contribution in [-0.2, 0) is 0 Å². The molecule has 0 aliphatic carbocycles. The van der Waals surface area contributed by atoms with Crippen molar-refractivity contribution in [1.29, 1.82) is 0 Å². The summed E-state index contributed by atoms with van der Waals surface area (Å²) in [6.07, 6.45) is 0. The van der Waals surface area contributed by atoms with Crippen molar-refractivity contribution in [1.82, 2.24) is 0 Å². The van der Waals surface area contributed by atoms with E-state index in [0.717, 1.165) is 17.1 Å². The maximum absolute atomic E-state index is 2.40. The van der Waals surface area contributed by atoms with Crippen molar-refractivity contribution in [2.24, 2.45) is 0 Å². The summed E-state index contributed by atoms with van der Waals surface area (Å²) < 4.78 is 5.32. The van der Waals surface area contributed by atoms with Gasteiger partial charge in [-0.15, -0.1) is 22.7 Å². The number of benzene rings is 8. The van der Waals surface area contributed by atoms with Crippen LogP contribution in [0.3, 0.4) is 0 Å². The number of rotatable bonds is 5. The third-order valence-corrected chi connectivity index (χ3v) is 12.0. The third kappa shape index (κ3) is 4.74. The van der Waals surface area contributed by atoms with Gasteiger partial charge < -0.3 is 4.90 Å². The Hall–Kier alpha value is -5.74. The van der Waals surface area contributed by atoms with Gasteiger partial charge in [0.1, 0.15) is 0 Å². The third-order valence-electron chi connectivity index (χ3n) is 9.65. The zero-order valence-corrected chi connectivity index (χ0v) is 28.1. The molecule has 49 heavy (non-hydrogen) atoms. The highest BCUT2D eigenvalue weighted by atomic mass is 32.1. The van der Waals surface area contributed by atoms with Crippen LogP contribution in [0.25, 0.3) is 73.4 Å². The predicted octanol–water partition coefficient (Wildman–Crippen LogP) is 14.4. The average Bonchev–Trinajstić information content (AvgIpc) is 3.75. The van der Waals surface area contributed by atoms with Crippen molar-refractivity contribution < 1.29 is 0 Å². The largest absolute Gasteiger partial charge is 0.310 e. The lowest BCUT2D eigenvalue weighted by Gasteiger charge is -2.27. The maximum Gasteiger partial charge on any atom is 0.0468 e. The first-order valence-electron chi connectivity index (χ1n) is 16.6. The molecule has 10 rings (SSSR count). The summed E-state index contributed by atoms with van der Waals surface area (Å²) in [5.74, 6) is 0. The lowest BCUT2D eigenvalue weighted by atomic mass is 10.0. The molecule has 2 heterocycles. The predicted molar refractivity (Wildman–Crippen MR) is 215 cm³/mol. The quantitative estimate of drug-likeness (QED) is 0.178. The molecule has 8 aromatic carbocycles. The van der Waals surface area contributed by atoms with E-state index in [1.807, 2.05) is 22.7 Å². The Labute approximate surface area is 292 Å². The summed E-state index contributed by atoms with van der Waals surface area (Å²) >= 11 is 3.75. The van der Waals surface area contributed by atoms with Crippen LogP contribution < -0.4 is 4.90 Å². The van der Waals surface area contributed by atoms with Gasteiger partial charge in [-0.3, -0.25) is 0 Å². The standard InChI is InChI=1S/C46H29NS2/c1-2-10-30(11-3-1)31-20-23-34(24-21-31)47(36-25-26-37-33(29-36)22-27-44-45(37)41-15-5-7-19-43(41)48-44)35-13-8-12-32(28-35)38-16-9-17-40-39-14-4-6-18-42(39)49-46(38)40/h1-29H. The Balaban J connectivity index is 1.15. The van der Waals surface area contributed by atoms with Crippen LogP contribution >= 0.6 is 22.7 Å². The zero-order chi connectivity index (χ0) is 32.3. The fourth-order valence-corrected chi connectivity index (χ4v) is 9.71. The van der Waals surface area contributed by atoms with Gasteiger partial charge in [0.25, 0.3) is 0 Å². The Morgan fingerprint density at radius 1 is 0.347 bits per heavy atom. The number of thiophene rings is 2. The fraction of sp³-hybridized carbons (Fsp3) is 0. The van der Waals surface area contributed by atoms with Gasteiger partial charge in [-0.25, -0.2) is 0 Å². The van der Waals surface area contributed by atoms with Gasteiger partial charge in [-0.05, 0) is 87.6 Å². The first-order chi connectivity index (χ1) is 24.3. The first kappa shape index (κ1) is 28.3. The minimum absolute atomic E-state index is 1.12. The monoisotopic (exact) mass is 659 g/mol. The van der Waals surface area contributed by atoms with Crippen molar-refractivity contribution in [3.8, 4) is 22.3 Å². The van der Waals surface area contributed by atoms with E-state index >= 15 is 0 Å². The molecule has 0 radical (unpaired) electrons. The molecule has 0 fully saturated rings. The van der Waals surface area contributed by atoms with Gasteiger partial charge in [0, 0.05) is 57.4 Å². The van der Waals surface area contributed by atoms with E-state index < -0.39 is 0 Å². The molecule has 2 aromatic heterocycles. The minimum atomic E-state index is 1.12. The first-order valence-corrected chi connectivity index (χ1v) is 18.2. The van der Waals surface area contributed by atoms with E-state index in [1.165, 1.54) is 73.4 Å². The molecular formula is C46H29NS2. The highest BCUT2D eigenvalue weighted by molar-refractivity contribution is 7.26. The molecule has 0 N–H and O–H groups in total. The van der Waals surface area contributed by atoms with Crippen LogP contribution in [0.15, 0.2) is 176 Å². The van der Waals surface area contributed by atoms with Crippen LogP contribution in [0.4, 0.5) is 17.1 Å². The van der Waals surface area contributed by atoms with Gasteiger partial charge in [-0.1, -0.05) is 121 Å². The normalized spacial score (nSPS) is 11.7. The van der Waals surface area contributed by atoms with Crippen LogP contribution in [0, 0.1) is 0 Å². The summed E-state index contributed by atoms with van der Waals surface area (Å²) in [6.45, 7) is 0. The highest BCUT2D eigenvalue weighted by Gasteiger charge is 2.17. The average molecular weight is 660 g/mol. The molecule has 0 aliphatic heterocycles. The summed E-state index contributed by atoms with van der Waals surface area (Å²) in [7, 11) is 0. The lowest BCUT2D eigenvalue weighted by Crippen LogP contribution is -2.10. The number of hydrogen-bond donors (Lipinski definition) is 0. The van der Waals surface area contributed by atoms with Crippen LogP contribution in [0.5, 0.6) is 0 Å². The van der Waals surface area contributed by atoms with Crippen molar-refractivity contribution in [2.75, 3.05) is 4.90 Å². The number of nitrogens with zero attached hydrogens (tertiary/aromatic N) is 1. The topological polar surface area (TPSA) is 3.24 Å². The van der Waals surface area contributed by atoms with Crippen molar-refractivity contribution in [2.45, 2.75) is 0 Å². The van der Waals surface area contributed by atoms with Gasteiger partial charge >= 0.3 is 0 Å². The smallest absolute Gasteiger partial charge is 0.0468 e. The molecular weight excluding hydrogens is 631 g/mol. The van der Waals surface area contributed by atoms with Crippen LogP contribution in [-0.4, -0.2) is 0 Å². The lowest BCUT2D eigenvalue weighted by molar-refractivity contribution is 1.29. The highest BCUT2D eigenvalue weighted by Crippen LogP contribution is 2.44. The Morgan fingerprint density at radius 3 is 1.86 bits per heavy atom. The number of anilines is 3. The molecule has 0 saturated heterocycles. The molecule has 0 bridgehead atoms.